The number of hydrogen-bond acceptors (Lipinski definition) is 4. The van der Waals surface area contributed by atoms with Gasteiger partial charge in [0.05, 0.1) is 11.6 Å². The van der Waals surface area contributed by atoms with Crippen molar-refractivity contribution in [1.82, 2.24) is 10.5 Å². The van der Waals surface area contributed by atoms with E-state index in [4.69, 9.17) is 20.9 Å². The lowest BCUT2D eigenvalue weighted by Gasteiger charge is -2.17. The first kappa shape index (κ1) is 20.0. The molecule has 0 saturated heterocycles. The molecule has 6 heteroatoms. The Morgan fingerprint density at radius 2 is 1.96 bits per heavy atom. The third kappa shape index (κ3) is 4.73. The number of aromatic nitrogens is 1. The first-order valence-electron chi connectivity index (χ1n) is 9.19. The van der Waals surface area contributed by atoms with E-state index in [0.29, 0.717) is 22.1 Å². The van der Waals surface area contributed by atoms with Crippen LogP contribution in [0, 0.1) is 13.8 Å². The Labute approximate surface area is 169 Å². The predicted octanol–water partition coefficient (Wildman–Crippen LogP) is 5.40. The summed E-state index contributed by atoms with van der Waals surface area (Å²) in [6.45, 7) is 5.99. The summed E-state index contributed by atoms with van der Waals surface area (Å²) in [6.07, 6.45) is 0.764. The van der Waals surface area contributed by atoms with Crippen LogP contribution in [-0.2, 0) is 6.61 Å². The molecule has 1 atom stereocenters. The second kappa shape index (κ2) is 8.93. The molecule has 0 aliphatic carbocycles. The molecule has 1 unspecified atom stereocenters. The van der Waals surface area contributed by atoms with Crippen molar-refractivity contribution in [3.05, 3.63) is 81.7 Å². The zero-order valence-electron chi connectivity index (χ0n) is 16.2. The summed E-state index contributed by atoms with van der Waals surface area (Å²) in [5, 5.41) is 7.57. The highest BCUT2D eigenvalue weighted by Gasteiger charge is 2.23. The van der Waals surface area contributed by atoms with Gasteiger partial charge in [-0.2, -0.15) is 0 Å². The van der Waals surface area contributed by atoms with Gasteiger partial charge in [-0.1, -0.05) is 59.6 Å². The van der Waals surface area contributed by atoms with Crippen molar-refractivity contribution in [2.45, 2.75) is 39.8 Å². The summed E-state index contributed by atoms with van der Waals surface area (Å²) in [7, 11) is 0. The van der Waals surface area contributed by atoms with Crippen LogP contribution in [0.4, 0.5) is 0 Å². The smallest absolute Gasteiger partial charge is 0.274 e. The van der Waals surface area contributed by atoms with Crippen molar-refractivity contribution in [2.24, 2.45) is 0 Å². The van der Waals surface area contributed by atoms with Crippen LogP contribution in [0.1, 0.15) is 52.3 Å². The van der Waals surface area contributed by atoms with Crippen molar-refractivity contribution in [3.63, 3.8) is 0 Å². The number of amides is 1. The van der Waals surface area contributed by atoms with Crippen LogP contribution in [-0.4, -0.2) is 11.1 Å². The Bertz CT molecular complexity index is 951. The van der Waals surface area contributed by atoms with Crippen LogP contribution in [0.3, 0.4) is 0 Å². The number of rotatable bonds is 7. The molecule has 0 spiro atoms. The van der Waals surface area contributed by atoms with Crippen molar-refractivity contribution in [1.29, 1.82) is 0 Å². The van der Waals surface area contributed by atoms with Gasteiger partial charge in [0.25, 0.3) is 5.91 Å². The third-order valence-corrected chi connectivity index (χ3v) is 4.81. The molecule has 1 amide bonds. The number of hydrogen-bond donors (Lipinski definition) is 1. The summed E-state index contributed by atoms with van der Waals surface area (Å²) in [6, 6.07) is 15.1. The Kier molecular flexibility index (Phi) is 6.37. The van der Waals surface area contributed by atoms with Crippen molar-refractivity contribution in [3.8, 4) is 5.75 Å². The molecule has 146 valence electrons. The van der Waals surface area contributed by atoms with E-state index in [2.05, 4.69) is 10.5 Å². The molecule has 3 rings (SSSR count). The highest BCUT2D eigenvalue weighted by molar-refractivity contribution is 6.30. The minimum atomic E-state index is -0.283. The molecule has 1 N–H and O–H groups in total. The fourth-order valence-electron chi connectivity index (χ4n) is 2.90. The first-order valence-corrected chi connectivity index (χ1v) is 9.56. The van der Waals surface area contributed by atoms with Gasteiger partial charge in [-0.05, 0) is 44.0 Å². The van der Waals surface area contributed by atoms with Crippen LogP contribution in [0.2, 0.25) is 5.02 Å². The van der Waals surface area contributed by atoms with Crippen LogP contribution < -0.4 is 10.1 Å². The maximum atomic E-state index is 12.8. The molecule has 1 heterocycles. The van der Waals surface area contributed by atoms with Gasteiger partial charge in [-0.25, -0.2) is 0 Å². The molecule has 0 fully saturated rings. The highest BCUT2D eigenvalue weighted by atomic mass is 35.5. The number of halogens is 1. The summed E-state index contributed by atoms with van der Waals surface area (Å²) < 4.78 is 11.0. The van der Waals surface area contributed by atoms with E-state index < -0.39 is 0 Å². The number of benzene rings is 2. The zero-order valence-corrected chi connectivity index (χ0v) is 16.9. The van der Waals surface area contributed by atoms with Crippen LogP contribution in [0.15, 0.2) is 53.1 Å². The maximum absolute atomic E-state index is 12.8. The molecule has 0 bridgehead atoms. The monoisotopic (exact) mass is 398 g/mol. The van der Waals surface area contributed by atoms with Gasteiger partial charge in [0.1, 0.15) is 18.1 Å². The number of ether oxygens (including phenoxy) is 1. The van der Waals surface area contributed by atoms with E-state index in [1.807, 2.05) is 38.1 Å². The summed E-state index contributed by atoms with van der Waals surface area (Å²) in [5.74, 6) is 0.884. The van der Waals surface area contributed by atoms with E-state index in [-0.39, 0.29) is 24.2 Å². The van der Waals surface area contributed by atoms with Gasteiger partial charge >= 0.3 is 0 Å². The molecule has 1 aromatic heterocycles. The lowest BCUT2D eigenvalue weighted by Crippen LogP contribution is -2.29. The van der Waals surface area contributed by atoms with E-state index in [1.54, 1.807) is 31.2 Å². The van der Waals surface area contributed by atoms with Crippen LogP contribution in [0.5, 0.6) is 5.75 Å². The topological polar surface area (TPSA) is 64.4 Å². The number of carbonyl (C=O) groups is 1. The number of aryl methyl sites for hydroxylation is 2. The lowest BCUT2D eigenvalue weighted by atomic mass is 10.0. The summed E-state index contributed by atoms with van der Waals surface area (Å²) in [4.78, 5) is 12.8. The second-order valence-corrected chi connectivity index (χ2v) is 7.09. The van der Waals surface area contributed by atoms with Crippen molar-refractivity contribution < 1.29 is 14.1 Å². The van der Waals surface area contributed by atoms with Gasteiger partial charge in [-0.3, -0.25) is 4.79 Å². The summed E-state index contributed by atoms with van der Waals surface area (Å²) >= 11 is 5.98. The molecule has 2 aromatic carbocycles. The summed E-state index contributed by atoms with van der Waals surface area (Å²) in [5.41, 5.74) is 3.09. The molecule has 0 aliphatic heterocycles. The van der Waals surface area contributed by atoms with Crippen LogP contribution in [0.25, 0.3) is 0 Å². The average Bonchev–Trinajstić information content (AvgIpc) is 3.06. The quantitative estimate of drug-likeness (QED) is 0.578. The Balaban J connectivity index is 1.74. The van der Waals surface area contributed by atoms with E-state index in [9.17, 15) is 4.79 Å². The van der Waals surface area contributed by atoms with E-state index in [0.717, 1.165) is 12.0 Å². The Hall–Kier alpha value is -2.79. The largest absolute Gasteiger partial charge is 0.489 e. The average molecular weight is 399 g/mol. The van der Waals surface area contributed by atoms with Gasteiger partial charge < -0.3 is 14.6 Å². The van der Waals surface area contributed by atoms with Crippen molar-refractivity contribution >= 4 is 17.5 Å². The van der Waals surface area contributed by atoms with E-state index >= 15 is 0 Å². The van der Waals surface area contributed by atoms with Gasteiger partial charge in [0.2, 0.25) is 0 Å². The SMILES string of the molecule is CCC(NC(=O)c1noc(C)c1COc1cccc(Cl)c1)c1ccc(C)cc1. The molecule has 3 aromatic rings. The molecule has 0 aliphatic rings. The highest BCUT2D eigenvalue weighted by Crippen LogP contribution is 2.22. The fourth-order valence-corrected chi connectivity index (χ4v) is 3.08. The normalized spacial score (nSPS) is 11.9. The van der Waals surface area contributed by atoms with E-state index in [1.165, 1.54) is 5.56 Å². The Morgan fingerprint density at radius 1 is 1.21 bits per heavy atom. The van der Waals surface area contributed by atoms with Crippen molar-refractivity contribution in [2.75, 3.05) is 0 Å². The maximum Gasteiger partial charge on any atom is 0.274 e. The fraction of sp³-hybridized carbons (Fsp3) is 0.273. The third-order valence-electron chi connectivity index (χ3n) is 4.57. The zero-order chi connectivity index (χ0) is 20.1. The number of carbonyl (C=O) groups excluding carboxylic acids is 1. The molecular formula is C22H23ClN2O3. The standard InChI is InChI=1S/C22H23ClN2O3/c1-4-20(16-10-8-14(2)9-11-16)24-22(26)21-19(15(3)28-25-21)13-27-18-7-5-6-17(23)12-18/h5-12,20H,4,13H2,1-3H3,(H,24,26). The molecule has 0 saturated carbocycles. The van der Waals surface area contributed by atoms with Gasteiger partial charge in [0.15, 0.2) is 5.69 Å². The Morgan fingerprint density at radius 3 is 2.64 bits per heavy atom. The molecule has 0 radical (unpaired) electrons. The number of nitrogens with one attached hydrogen (secondary N) is 1. The molecule has 28 heavy (non-hydrogen) atoms. The van der Waals surface area contributed by atoms with Gasteiger partial charge in [-0.15, -0.1) is 0 Å². The predicted molar refractivity (Wildman–Crippen MR) is 109 cm³/mol. The second-order valence-electron chi connectivity index (χ2n) is 6.66. The lowest BCUT2D eigenvalue weighted by molar-refractivity contribution is 0.0924. The minimum absolute atomic E-state index is 0.105. The molecule has 5 nitrogen and oxygen atoms in total. The van der Waals surface area contributed by atoms with Crippen LogP contribution >= 0.6 is 11.6 Å². The first-order chi connectivity index (χ1) is 13.5. The number of nitrogens with zero attached hydrogens (tertiary/aromatic N) is 1. The minimum Gasteiger partial charge on any atom is -0.489 e. The van der Waals surface area contributed by atoms with Gasteiger partial charge in [0, 0.05) is 5.02 Å². The molecular weight excluding hydrogens is 376 g/mol.